The maximum absolute atomic E-state index is 12.6. The molecule has 1 heterocycles. The number of hydrogen-bond acceptors (Lipinski definition) is 2. The molecular weight excluding hydrogens is 224 g/mol. The molecule has 0 radical (unpaired) electrons. The van der Waals surface area contributed by atoms with E-state index in [1.54, 1.807) is 0 Å². The lowest BCUT2D eigenvalue weighted by Gasteiger charge is -2.29. The van der Waals surface area contributed by atoms with Crippen LogP contribution in [-0.4, -0.2) is 29.1 Å². The Morgan fingerprint density at radius 1 is 1.17 bits per heavy atom. The third-order valence-corrected chi connectivity index (χ3v) is 5.50. The summed E-state index contributed by atoms with van der Waals surface area (Å²) in [7, 11) is 0. The van der Waals surface area contributed by atoms with E-state index in [1.165, 1.54) is 44.9 Å². The summed E-state index contributed by atoms with van der Waals surface area (Å²) in [5, 5.41) is 3.70. The average Bonchev–Trinajstić information content (AvgIpc) is 3.27. The predicted molar refractivity (Wildman–Crippen MR) is 69.9 cm³/mol. The van der Waals surface area contributed by atoms with Crippen molar-refractivity contribution in [1.29, 1.82) is 0 Å². The molecule has 18 heavy (non-hydrogen) atoms. The van der Waals surface area contributed by atoms with Crippen LogP contribution >= 0.6 is 0 Å². The largest absolute Gasteiger partial charge is 0.325 e. The van der Waals surface area contributed by atoms with Gasteiger partial charge in [-0.15, -0.1) is 0 Å². The van der Waals surface area contributed by atoms with Crippen molar-refractivity contribution in [2.75, 3.05) is 6.54 Å². The second-order valence-corrected chi connectivity index (χ2v) is 6.95. The van der Waals surface area contributed by atoms with Gasteiger partial charge < -0.3 is 4.90 Å². The lowest BCUT2D eigenvalue weighted by atomic mass is 10.0. The van der Waals surface area contributed by atoms with Gasteiger partial charge >= 0.3 is 0 Å². The summed E-state index contributed by atoms with van der Waals surface area (Å²) >= 11 is 0. The standard InChI is InChI=1S/C15H24N2O/c18-14-15(8-9-15)16-13(12-3-1-2-4-12)17(14)10-7-11-5-6-11/h11-13,16H,1-10H2. The van der Waals surface area contributed by atoms with Gasteiger partial charge in [0.25, 0.3) is 0 Å². The molecule has 3 heteroatoms. The third kappa shape index (κ3) is 1.78. The highest BCUT2D eigenvalue weighted by Gasteiger charge is 2.60. The topological polar surface area (TPSA) is 32.3 Å². The zero-order valence-electron chi connectivity index (χ0n) is 11.2. The second-order valence-electron chi connectivity index (χ2n) is 6.95. The first-order chi connectivity index (χ1) is 8.78. The minimum atomic E-state index is -0.100. The highest BCUT2D eigenvalue weighted by molar-refractivity contribution is 5.91. The Labute approximate surface area is 109 Å². The van der Waals surface area contributed by atoms with Gasteiger partial charge in [0.2, 0.25) is 5.91 Å². The number of carbonyl (C=O) groups is 1. The summed E-state index contributed by atoms with van der Waals surface area (Å²) in [4.78, 5) is 14.8. The maximum atomic E-state index is 12.6. The summed E-state index contributed by atoms with van der Waals surface area (Å²) in [6.45, 7) is 1.01. The molecule has 4 rings (SSSR count). The lowest BCUT2D eigenvalue weighted by molar-refractivity contribution is -0.131. The Morgan fingerprint density at radius 3 is 2.50 bits per heavy atom. The molecule has 1 amide bonds. The van der Waals surface area contributed by atoms with Crippen LogP contribution in [-0.2, 0) is 4.79 Å². The number of carbonyl (C=O) groups excluding carboxylic acids is 1. The van der Waals surface area contributed by atoms with Crippen LogP contribution in [0.5, 0.6) is 0 Å². The Morgan fingerprint density at radius 2 is 1.89 bits per heavy atom. The molecule has 4 fully saturated rings. The van der Waals surface area contributed by atoms with Crippen molar-refractivity contribution < 1.29 is 4.79 Å². The van der Waals surface area contributed by atoms with Gasteiger partial charge in [-0.1, -0.05) is 25.7 Å². The van der Waals surface area contributed by atoms with Gasteiger partial charge in [0.15, 0.2) is 0 Å². The van der Waals surface area contributed by atoms with Crippen LogP contribution in [0.3, 0.4) is 0 Å². The maximum Gasteiger partial charge on any atom is 0.244 e. The molecule has 1 aliphatic heterocycles. The van der Waals surface area contributed by atoms with Crippen molar-refractivity contribution in [2.45, 2.75) is 69.5 Å². The molecule has 100 valence electrons. The van der Waals surface area contributed by atoms with Crippen molar-refractivity contribution in [3.05, 3.63) is 0 Å². The Kier molecular flexibility index (Phi) is 2.48. The summed E-state index contributed by atoms with van der Waals surface area (Å²) in [5.41, 5.74) is -0.100. The lowest BCUT2D eigenvalue weighted by Crippen LogP contribution is -2.43. The van der Waals surface area contributed by atoms with E-state index in [4.69, 9.17) is 0 Å². The Hall–Kier alpha value is -0.570. The minimum Gasteiger partial charge on any atom is -0.325 e. The number of amides is 1. The number of rotatable bonds is 4. The molecule has 0 aromatic carbocycles. The summed E-state index contributed by atoms with van der Waals surface area (Å²) in [6, 6.07) is 0. The molecular formula is C15H24N2O. The second kappa shape index (κ2) is 3.96. The molecule has 3 saturated carbocycles. The van der Waals surface area contributed by atoms with E-state index in [1.807, 2.05) is 0 Å². The normalized spacial score (nSPS) is 34.8. The molecule has 4 aliphatic rings. The number of nitrogens with zero attached hydrogens (tertiary/aromatic N) is 1. The first kappa shape index (κ1) is 11.3. The quantitative estimate of drug-likeness (QED) is 0.827. The average molecular weight is 248 g/mol. The number of hydrogen-bond donors (Lipinski definition) is 1. The molecule has 0 aromatic rings. The van der Waals surface area contributed by atoms with Gasteiger partial charge in [0.05, 0.1) is 11.7 Å². The van der Waals surface area contributed by atoms with E-state index in [9.17, 15) is 4.79 Å². The zero-order chi connectivity index (χ0) is 12.2. The molecule has 3 nitrogen and oxygen atoms in total. The van der Waals surface area contributed by atoms with Gasteiger partial charge in [0, 0.05) is 6.54 Å². The third-order valence-electron chi connectivity index (χ3n) is 5.50. The van der Waals surface area contributed by atoms with E-state index in [2.05, 4.69) is 10.2 Å². The summed E-state index contributed by atoms with van der Waals surface area (Å²) in [5.74, 6) is 2.09. The van der Waals surface area contributed by atoms with Gasteiger partial charge in [-0.25, -0.2) is 0 Å². The summed E-state index contributed by atoms with van der Waals surface area (Å²) in [6.07, 6.45) is 11.9. The Balaban J connectivity index is 1.48. The fraction of sp³-hybridized carbons (Fsp3) is 0.933. The molecule has 0 aromatic heterocycles. The SMILES string of the molecule is O=C1N(CCC2CC2)C(C2CCCC2)NC12CC2. The van der Waals surface area contributed by atoms with E-state index in [-0.39, 0.29) is 5.54 Å². The van der Waals surface area contributed by atoms with Crippen LogP contribution in [0, 0.1) is 11.8 Å². The van der Waals surface area contributed by atoms with Crippen LogP contribution in [0.2, 0.25) is 0 Å². The van der Waals surface area contributed by atoms with Crippen molar-refractivity contribution >= 4 is 5.91 Å². The van der Waals surface area contributed by atoms with Crippen molar-refractivity contribution in [3.8, 4) is 0 Å². The molecule has 1 unspecified atom stereocenters. The van der Waals surface area contributed by atoms with Crippen molar-refractivity contribution in [1.82, 2.24) is 10.2 Å². The smallest absolute Gasteiger partial charge is 0.244 e. The summed E-state index contributed by atoms with van der Waals surface area (Å²) < 4.78 is 0. The highest BCUT2D eigenvalue weighted by Crippen LogP contribution is 2.46. The van der Waals surface area contributed by atoms with Gasteiger partial charge in [-0.2, -0.15) is 0 Å². The molecule has 1 N–H and O–H groups in total. The van der Waals surface area contributed by atoms with E-state index in [0.717, 1.165) is 31.2 Å². The molecule has 0 bridgehead atoms. The van der Waals surface area contributed by atoms with Gasteiger partial charge in [-0.3, -0.25) is 10.1 Å². The van der Waals surface area contributed by atoms with E-state index in [0.29, 0.717) is 12.1 Å². The molecule has 1 saturated heterocycles. The fourth-order valence-electron chi connectivity index (χ4n) is 3.92. The van der Waals surface area contributed by atoms with Crippen LogP contribution in [0.15, 0.2) is 0 Å². The first-order valence-corrected chi connectivity index (χ1v) is 7.87. The zero-order valence-corrected chi connectivity index (χ0v) is 11.2. The van der Waals surface area contributed by atoms with Crippen LogP contribution in [0.4, 0.5) is 0 Å². The molecule has 3 aliphatic carbocycles. The van der Waals surface area contributed by atoms with Crippen LogP contribution < -0.4 is 5.32 Å². The minimum absolute atomic E-state index is 0.100. The van der Waals surface area contributed by atoms with Gasteiger partial charge in [-0.05, 0) is 43.9 Å². The van der Waals surface area contributed by atoms with Crippen molar-refractivity contribution in [2.24, 2.45) is 11.8 Å². The molecule has 1 atom stereocenters. The first-order valence-electron chi connectivity index (χ1n) is 7.87. The van der Waals surface area contributed by atoms with Crippen LogP contribution in [0.25, 0.3) is 0 Å². The monoisotopic (exact) mass is 248 g/mol. The highest BCUT2D eigenvalue weighted by atomic mass is 16.2. The van der Waals surface area contributed by atoms with E-state index >= 15 is 0 Å². The fourth-order valence-corrected chi connectivity index (χ4v) is 3.92. The Bertz CT molecular complexity index is 354. The van der Waals surface area contributed by atoms with Crippen molar-refractivity contribution in [3.63, 3.8) is 0 Å². The number of nitrogens with one attached hydrogen (secondary N) is 1. The molecule has 1 spiro atoms. The van der Waals surface area contributed by atoms with Crippen LogP contribution in [0.1, 0.15) is 57.8 Å². The van der Waals surface area contributed by atoms with E-state index < -0.39 is 0 Å². The predicted octanol–water partition coefficient (Wildman–Crippen LogP) is 2.27. The van der Waals surface area contributed by atoms with Gasteiger partial charge in [0.1, 0.15) is 0 Å².